The minimum Gasteiger partial charge on any atom is -0.396 e. The van der Waals surface area contributed by atoms with Crippen LogP contribution in [0, 0.1) is 5.92 Å². The molecular formula is C15H23NO3. The normalized spacial score (nSPS) is 12.2. The molecule has 1 aromatic carbocycles. The summed E-state index contributed by atoms with van der Waals surface area (Å²) in [5, 5.41) is 11.8. The van der Waals surface area contributed by atoms with E-state index in [0.29, 0.717) is 18.7 Å². The summed E-state index contributed by atoms with van der Waals surface area (Å²) in [5.74, 6) is 0.224. The van der Waals surface area contributed by atoms with Crippen molar-refractivity contribution in [1.29, 1.82) is 0 Å². The van der Waals surface area contributed by atoms with Crippen molar-refractivity contribution in [2.24, 2.45) is 5.92 Å². The van der Waals surface area contributed by atoms with E-state index in [1.54, 1.807) is 13.2 Å². The van der Waals surface area contributed by atoms with E-state index in [9.17, 15) is 4.79 Å². The largest absolute Gasteiger partial charge is 0.396 e. The molecule has 0 saturated heterocycles. The summed E-state index contributed by atoms with van der Waals surface area (Å²) in [6, 6.07) is 7.45. The number of ether oxygens (including phenoxy) is 1. The molecule has 4 nitrogen and oxygen atoms in total. The van der Waals surface area contributed by atoms with Crippen LogP contribution in [-0.4, -0.2) is 31.3 Å². The molecule has 0 aliphatic heterocycles. The SMILES string of the molecule is COCc1ccccc1C(=O)NCCCC(C)CO. The van der Waals surface area contributed by atoms with Gasteiger partial charge in [-0.3, -0.25) is 4.79 Å². The van der Waals surface area contributed by atoms with Crippen molar-refractivity contribution >= 4 is 5.91 Å². The molecule has 106 valence electrons. The van der Waals surface area contributed by atoms with E-state index >= 15 is 0 Å². The highest BCUT2D eigenvalue weighted by Gasteiger charge is 2.10. The van der Waals surface area contributed by atoms with Crippen LogP contribution in [0.15, 0.2) is 24.3 Å². The summed E-state index contributed by atoms with van der Waals surface area (Å²) in [6.07, 6.45) is 1.79. The van der Waals surface area contributed by atoms with Crippen molar-refractivity contribution in [3.05, 3.63) is 35.4 Å². The predicted molar refractivity (Wildman–Crippen MR) is 75.0 cm³/mol. The number of carbonyl (C=O) groups excluding carboxylic acids is 1. The molecule has 1 unspecified atom stereocenters. The molecule has 2 N–H and O–H groups in total. The number of methoxy groups -OCH3 is 1. The zero-order valence-corrected chi connectivity index (χ0v) is 11.7. The molecule has 1 atom stereocenters. The van der Waals surface area contributed by atoms with Crippen LogP contribution in [0.25, 0.3) is 0 Å². The van der Waals surface area contributed by atoms with Crippen LogP contribution in [0.1, 0.15) is 35.7 Å². The number of aliphatic hydroxyl groups is 1. The summed E-state index contributed by atoms with van der Waals surface area (Å²) in [4.78, 5) is 12.0. The minimum absolute atomic E-state index is 0.0655. The molecule has 0 radical (unpaired) electrons. The molecule has 0 spiro atoms. The maximum absolute atomic E-state index is 12.0. The first-order valence-corrected chi connectivity index (χ1v) is 6.65. The third kappa shape index (κ3) is 5.41. The van der Waals surface area contributed by atoms with E-state index in [2.05, 4.69) is 5.32 Å². The second-order valence-corrected chi connectivity index (χ2v) is 4.78. The highest BCUT2D eigenvalue weighted by atomic mass is 16.5. The molecule has 4 heteroatoms. The van der Waals surface area contributed by atoms with E-state index in [4.69, 9.17) is 9.84 Å². The Morgan fingerprint density at radius 1 is 1.42 bits per heavy atom. The second kappa shape index (κ2) is 8.67. The topological polar surface area (TPSA) is 58.6 Å². The Balaban J connectivity index is 2.45. The molecule has 0 aliphatic rings. The van der Waals surface area contributed by atoms with Crippen LogP contribution in [0.3, 0.4) is 0 Å². The van der Waals surface area contributed by atoms with Gasteiger partial charge >= 0.3 is 0 Å². The maximum atomic E-state index is 12.0. The molecule has 1 aromatic rings. The van der Waals surface area contributed by atoms with Gasteiger partial charge in [-0.1, -0.05) is 25.1 Å². The number of carbonyl (C=O) groups is 1. The smallest absolute Gasteiger partial charge is 0.251 e. The van der Waals surface area contributed by atoms with Gasteiger partial charge < -0.3 is 15.2 Å². The number of rotatable bonds is 8. The summed E-state index contributed by atoms with van der Waals surface area (Å²) in [7, 11) is 1.62. The van der Waals surface area contributed by atoms with Crippen molar-refractivity contribution in [3.8, 4) is 0 Å². The molecule has 0 bridgehead atoms. The average molecular weight is 265 g/mol. The zero-order valence-electron chi connectivity index (χ0n) is 11.7. The number of amides is 1. The van der Waals surface area contributed by atoms with Crippen LogP contribution in [0.2, 0.25) is 0 Å². The first-order chi connectivity index (χ1) is 9.19. The summed E-state index contributed by atoms with van der Waals surface area (Å²) < 4.78 is 5.08. The quantitative estimate of drug-likeness (QED) is 0.707. The van der Waals surface area contributed by atoms with Crippen LogP contribution >= 0.6 is 0 Å². The molecule has 1 rings (SSSR count). The average Bonchev–Trinajstić information content (AvgIpc) is 2.44. The Morgan fingerprint density at radius 2 is 2.16 bits per heavy atom. The monoisotopic (exact) mass is 265 g/mol. The minimum atomic E-state index is -0.0655. The zero-order chi connectivity index (χ0) is 14.1. The predicted octanol–water partition coefficient (Wildman–Crippen LogP) is 1.97. The fourth-order valence-electron chi connectivity index (χ4n) is 1.86. The maximum Gasteiger partial charge on any atom is 0.251 e. The number of benzene rings is 1. The highest BCUT2D eigenvalue weighted by molar-refractivity contribution is 5.95. The van der Waals surface area contributed by atoms with E-state index in [-0.39, 0.29) is 18.4 Å². The Kier molecular flexibility index (Phi) is 7.15. The lowest BCUT2D eigenvalue weighted by atomic mass is 10.1. The van der Waals surface area contributed by atoms with Crippen molar-refractivity contribution < 1.29 is 14.6 Å². The van der Waals surface area contributed by atoms with Crippen LogP contribution in [0.5, 0.6) is 0 Å². The van der Waals surface area contributed by atoms with Crippen LogP contribution in [0.4, 0.5) is 0 Å². The van der Waals surface area contributed by atoms with Crippen molar-refractivity contribution in [2.75, 3.05) is 20.3 Å². The van der Waals surface area contributed by atoms with Gasteiger partial charge in [-0.2, -0.15) is 0 Å². The first-order valence-electron chi connectivity index (χ1n) is 6.65. The Bertz CT molecular complexity index is 393. The van der Waals surface area contributed by atoms with Gasteiger partial charge in [-0.05, 0) is 30.4 Å². The van der Waals surface area contributed by atoms with E-state index in [1.165, 1.54) is 0 Å². The van der Waals surface area contributed by atoms with E-state index < -0.39 is 0 Å². The van der Waals surface area contributed by atoms with Crippen molar-refractivity contribution in [1.82, 2.24) is 5.32 Å². The lowest BCUT2D eigenvalue weighted by Crippen LogP contribution is -2.26. The summed E-state index contributed by atoms with van der Waals surface area (Å²) in [5.41, 5.74) is 1.56. The summed E-state index contributed by atoms with van der Waals surface area (Å²) in [6.45, 7) is 3.26. The molecule has 0 heterocycles. The number of aliphatic hydroxyl groups excluding tert-OH is 1. The van der Waals surface area contributed by atoms with Crippen LogP contribution in [-0.2, 0) is 11.3 Å². The second-order valence-electron chi connectivity index (χ2n) is 4.78. The third-order valence-electron chi connectivity index (χ3n) is 3.03. The Labute approximate surface area is 114 Å². The number of hydrogen-bond acceptors (Lipinski definition) is 3. The number of nitrogens with one attached hydrogen (secondary N) is 1. The van der Waals surface area contributed by atoms with Gasteiger partial charge in [0.25, 0.3) is 5.91 Å². The van der Waals surface area contributed by atoms with Crippen molar-refractivity contribution in [2.45, 2.75) is 26.4 Å². The standard InChI is InChI=1S/C15H23NO3/c1-12(10-17)6-5-9-16-15(18)14-8-4-3-7-13(14)11-19-2/h3-4,7-8,12,17H,5-6,9-11H2,1-2H3,(H,16,18). The molecule has 19 heavy (non-hydrogen) atoms. The lowest BCUT2D eigenvalue weighted by molar-refractivity contribution is 0.0947. The fourth-order valence-corrected chi connectivity index (χ4v) is 1.86. The van der Waals surface area contributed by atoms with Gasteiger partial charge in [0, 0.05) is 25.8 Å². The molecule has 0 fully saturated rings. The van der Waals surface area contributed by atoms with Gasteiger partial charge in [-0.15, -0.1) is 0 Å². The van der Waals surface area contributed by atoms with Gasteiger partial charge in [0.15, 0.2) is 0 Å². The van der Waals surface area contributed by atoms with Crippen LogP contribution < -0.4 is 5.32 Å². The molecule has 1 amide bonds. The van der Waals surface area contributed by atoms with E-state index in [0.717, 1.165) is 18.4 Å². The van der Waals surface area contributed by atoms with Gasteiger partial charge in [0.1, 0.15) is 0 Å². The highest BCUT2D eigenvalue weighted by Crippen LogP contribution is 2.10. The Morgan fingerprint density at radius 3 is 2.84 bits per heavy atom. The Hall–Kier alpha value is -1.39. The molecule has 0 saturated carbocycles. The summed E-state index contributed by atoms with van der Waals surface area (Å²) >= 11 is 0. The third-order valence-corrected chi connectivity index (χ3v) is 3.03. The van der Waals surface area contributed by atoms with Crippen molar-refractivity contribution in [3.63, 3.8) is 0 Å². The van der Waals surface area contributed by atoms with Gasteiger partial charge in [0.05, 0.1) is 6.61 Å². The molecular weight excluding hydrogens is 242 g/mol. The molecule has 0 aromatic heterocycles. The lowest BCUT2D eigenvalue weighted by Gasteiger charge is -2.11. The van der Waals surface area contributed by atoms with E-state index in [1.807, 2.05) is 25.1 Å². The van der Waals surface area contributed by atoms with Gasteiger partial charge in [0.2, 0.25) is 0 Å². The van der Waals surface area contributed by atoms with Gasteiger partial charge in [-0.25, -0.2) is 0 Å². The molecule has 0 aliphatic carbocycles. The fraction of sp³-hybridized carbons (Fsp3) is 0.533. The first kappa shape index (κ1) is 15.7. The number of hydrogen-bond donors (Lipinski definition) is 2.